The lowest BCUT2D eigenvalue weighted by Gasteiger charge is -2.00. The summed E-state index contributed by atoms with van der Waals surface area (Å²) in [5.74, 6) is 0. The van der Waals surface area contributed by atoms with Crippen molar-refractivity contribution >= 4 is 6.03 Å². The molecular formula is C8H16N6O. The van der Waals surface area contributed by atoms with Crippen LogP contribution >= 0.6 is 0 Å². The van der Waals surface area contributed by atoms with Crippen LogP contribution in [0.2, 0.25) is 0 Å². The Hall–Kier alpha value is -1.63. The van der Waals surface area contributed by atoms with Crippen molar-refractivity contribution in [2.24, 2.45) is 5.73 Å². The van der Waals surface area contributed by atoms with Crippen molar-refractivity contribution < 1.29 is 4.79 Å². The summed E-state index contributed by atoms with van der Waals surface area (Å²) in [6.45, 7) is 1.98. The van der Waals surface area contributed by atoms with Crippen molar-refractivity contribution in [1.82, 2.24) is 25.6 Å². The molecule has 4 N–H and O–H groups in total. The standard InChI is InChI=1S/C8H16N6O/c1-10-5-7-6-14(13-12-7)4-2-3-11-8(9)15/h6,10H,2-5H2,1H3,(H3,9,11,15). The van der Waals surface area contributed by atoms with Gasteiger partial charge in [0, 0.05) is 25.8 Å². The lowest BCUT2D eigenvalue weighted by Crippen LogP contribution is -2.30. The first-order valence-corrected chi connectivity index (χ1v) is 4.79. The van der Waals surface area contributed by atoms with Gasteiger partial charge in [0.2, 0.25) is 0 Å². The first-order valence-electron chi connectivity index (χ1n) is 4.79. The second kappa shape index (κ2) is 5.97. The van der Waals surface area contributed by atoms with E-state index in [1.807, 2.05) is 13.2 Å². The normalized spacial score (nSPS) is 10.2. The number of amides is 2. The van der Waals surface area contributed by atoms with Gasteiger partial charge in [-0.2, -0.15) is 0 Å². The van der Waals surface area contributed by atoms with Gasteiger partial charge >= 0.3 is 6.03 Å². The van der Waals surface area contributed by atoms with Crippen molar-refractivity contribution in [3.63, 3.8) is 0 Å². The summed E-state index contributed by atoms with van der Waals surface area (Å²) in [5, 5.41) is 13.4. The van der Waals surface area contributed by atoms with E-state index >= 15 is 0 Å². The predicted molar refractivity (Wildman–Crippen MR) is 55.0 cm³/mol. The quantitative estimate of drug-likeness (QED) is 0.530. The molecule has 1 aromatic heterocycles. The number of aryl methyl sites for hydroxylation is 1. The van der Waals surface area contributed by atoms with Crippen LogP contribution in [0.15, 0.2) is 6.20 Å². The van der Waals surface area contributed by atoms with Crippen molar-refractivity contribution in [2.45, 2.75) is 19.5 Å². The lowest BCUT2D eigenvalue weighted by molar-refractivity contribution is 0.248. The number of hydrogen-bond donors (Lipinski definition) is 3. The molecule has 1 rings (SSSR count). The Labute approximate surface area is 88.0 Å². The summed E-state index contributed by atoms with van der Waals surface area (Å²) in [6.07, 6.45) is 2.66. The second-order valence-electron chi connectivity index (χ2n) is 3.15. The minimum absolute atomic E-state index is 0.496. The third kappa shape index (κ3) is 4.41. The summed E-state index contributed by atoms with van der Waals surface area (Å²) >= 11 is 0. The van der Waals surface area contributed by atoms with E-state index in [0.29, 0.717) is 13.1 Å². The summed E-state index contributed by atoms with van der Waals surface area (Å²) < 4.78 is 1.75. The summed E-state index contributed by atoms with van der Waals surface area (Å²) in [6, 6.07) is -0.496. The van der Waals surface area contributed by atoms with Crippen LogP contribution in [0.5, 0.6) is 0 Å². The summed E-state index contributed by atoms with van der Waals surface area (Å²) in [7, 11) is 1.86. The number of carbonyl (C=O) groups is 1. The van der Waals surface area contributed by atoms with Gasteiger partial charge in [-0.25, -0.2) is 4.79 Å². The van der Waals surface area contributed by atoms with E-state index in [0.717, 1.165) is 18.7 Å². The number of urea groups is 1. The van der Waals surface area contributed by atoms with E-state index in [-0.39, 0.29) is 0 Å². The average Bonchev–Trinajstić information content (AvgIpc) is 2.61. The molecule has 15 heavy (non-hydrogen) atoms. The van der Waals surface area contributed by atoms with Gasteiger partial charge in [0.05, 0.1) is 5.69 Å². The Bertz CT molecular complexity index is 310. The van der Waals surface area contributed by atoms with Crippen molar-refractivity contribution in [3.05, 3.63) is 11.9 Å². The fraction of sp³-hybridized carbons (Fsp3) is 0.625. The van der Waals surface area contributed by atoms with Crippen LogP contribution < -0.4 is 16.4 Å². The van der Waals surface area contributed by atoms with Gasteiger partial charge < -0.3 is 16.4 Å². The number of nitrogens with two attached hydrogens (primary N) is 1. The maximum Gasteiger partial charge on any atom is 0.312 e. The molecule has 0 atom stereocenters. The number of hydrogen-bond acceptors (Lipinski definition) is 4. The molecule has 0 unspecified atom stereocenters. The van der Waals surface area contributed by atoms with Crippen LogP contribution in [-0.4, -0.2) is 34.6 Å². The maximum absolute atomic E-state index is 10.4. The van der Waals surface area contributed by atoms with Gasteiger partial charge in [0.1, 0.15) is 0 Å². The van der Waals surface area contributed by atoms with E-state index in [4.69, 9.17) is 5.73 Å². The molecular weight excluding hydrogens is 196 g/mol. The molecule has 0 aromatic carbocycles. The fourth-order valence-electron chi connectivity index (χ4n) is 1.16. The second-order valence-corrected chi connectivity index (χ2v) is 3.15. The highest BCUT2D eigenvalue weighted by molar-refractivity contribution is 5.71. The third-order valence-electron chi connectivity index (χ3n) is 1.81. The molecule has 0 saturated carbocycles. The first kappa shape index (κ1) is 11.4. The highest BCUT2D eigenvalue weighted by Gasteiger charge is 1.99. The fourth-order valence-corrected chi connectivity index (χ4v) is 1.16. The van der Waals surface area contributed by atoms with Crippen LogP contribution in [-0.2, 0) is 13.1 Å². The van der Waals surface area contributed by atoms with Crippen molar-refractivity contribution in [3.8, 4) is 0 Å². The summed E-state index contributed by atoms with van der Waals surface area (Å²) in [4.78, 5) is 10.4. The maximum atomic E-state index is 10.4. The molecule has 7 nitrogen and oxygen atoms in total. The van der Waals surface area contributed by atoms with E-state index in [9.17, 15) is 4.79 Å². The van der Waals surface area contributed by atoms with Gasteiger partial charge in [0.15, 0.2) is 0 Å². The molecule has 7 heteroatoms. The van der Waals surface area contributed by atoms with E-state index < -0.39 is 6.03 Å². The number of primary amides is 1. The SMILES string of the molecule is CNCc1cn(CCCNC(N)=O)nn1. The minimum Gasteiger partial charge on any atom is -0.352 e. The molecule has 0 saturated heterocycles. The largest absolute Gasteiger partial charge is 0.352 e. The Morgan fingerprint density at radius 1 is 1.67 bits per heavy atom. The number of nitrogens with one attached hydrogen (secondary N) is 2. The van der Waals surface area contributed by atoms with E-state index in [1.54, 1.807) is 4.68 Å². The highest BCUT2D eigenvalue weighted by Crippen LogP contribution is 1.93. The van der Waals surface area contributed by atoms with Crippen LogP contribution in [0, 0.1) is 0 Å². The molecule has 0 radical (unpaired) electrons. The van der Waals surface area contributed by atoms with Crippen LogP contribution in [0.1, 0.15) is 12.1 Å². The molecule has 0 fully saturated rings. The molecule has 2 amide bonds. The Balaban J connectivity index is 2.22. The molecule has 0 aliphatic carbocycles. The van der Waals surface area contributed by atoms with Crippen LogP contribution in [0.4, 0.5) is 4.79 Å². The predicted octanol–water partition coefficient (Wildman–Crippen LogP) is -0.944. The Morgan fingerprint density at radius 3 is 3.13 bits per heavy atom. The number of aromatic nitrogens is 3. The first-order chi connectivity index (χ1) is 7.22. The van der Waals surface area contributed by atoms with Gasteiger partial charge in [-0.15, -0.1) is 5.10 Å². The van der Waals surface area contributed by atoms with E-state index in [2.05, 4.69) is 20.9 Å². The zero-order chi connectivity index (χ0) is 11.1. The average molecular weight is 212 g/mol. The molecule has 0 bridgehead atoms. The monoisotopic (exact) mass is 212 g/mol. The molecule has 84 valence electrons. The third-order valence-corrected chi connectivity index (χ3v) is 1.81. The van der Waals surface area contributed by atoms with Crippen molar-refractivity contribution in [1.29, 1.82) is 0 Å². The van der Waals surface area contributed by atoms with Crippen LogP contribution in [0.25, 0.3) is 0 Å². The zero-order valence-electron chi connectivity index (χ0n) is 8.73. The van der Waals surface area contributed by atoms with Gasteiger partial charge in [0.25, 0.3) is 0 Å². The smallest absolute Gasteiger partial charge is 0.312 e. The Morgan fingerprint density at radius 2 is 2.47 bits per heavy atom. The minimum atomic E-state index is -0.496. The van der Waals surface area contributed by atoms with Crippen molar-refractivity contribution in [2.75, 3.05) is 13.6 Å². The lowest BCUT2D eigenvalue weighted by atomic mass is 10.4. The topological polar surface area (TPSA) is 97.9 Å². The molecule has 0 aliphatic rings. The number of nitrogens with zero attached hydrogens (tertiary/aromatic N) is 3. The molecule has 0 spiro atoms. The molecule has 0 aliphatic heterocycles. The van der Waals surface area contributed by atoms with Gasteiger partial charge in [-0.05, 0) is 13.5 Å². The molecule has 1 aromatic rings. The number of rotatable bonds is 6. The highest BCUT2D eigenvalue weighted by atomic mass is 16.2. The van der Waals surface area contributed by atoms with Gasteiger partial charge in [-0.1, -0.05) is 5.21 Å². The summed E-state index contributed by atoms with van der Waals surface area (Å²) in [5.41, 5.74) is 5.83. The zero-order valence-corrected chi connectivity index (χ0v) is 8.73. The van der Waals surface area contributed by atoms with Crippen LogP contribution in [0.3, 0.4) is 0 Å². The van der Waals surface area contributed by atoms with E-state index in [1.165, 1.54) is 0 Å². The van der Waals surface area contributed by atoms with Gasteiger partial charge in [-0.3, -0.25) is 4.68 Å². The molecule has 1 heterocycles. The Kier molecular flexibility index (Phi) is 4.55. The number of carbonyl (C=O) groups excluding carboxylic acids is 1.